The molecule has 0 unspecified atom stereocenters. The van der Waals surface area contributed by atoms with Gasteiger partial charge in [0.25, 0.3) is 15.9 Å². The summed E-state index contributed by atoms with van der Waals surface area (Å²) in [6.07, 6.45) is 7.23. The summed E-state index contributed by atoms with van der Waals surface area (Å²) < 4.78 is 49.0. The molecule has 3 heterocycles. The Kier molecular flexibility index (Phi) is 12.2. The fraction of sp³-hybridized carbons (Fsp3) is 0.243. The second-order valence-corrected chi connectivity index (χ2v) is 17.9. The van der Waals surface area contributed by atoms with Crippen molar-refractivity contribution < 1.29 is 31.5 Å². The summed E-state index contributed by atoms with van der Waals surface area (Å²) >= 11 is 11.8. The Hall–Kier alpha value is -4.69. The molecule has 278 valence electrons. The molecule has 6 rings (SSSR count). The van der Waals surface area contributed by atoms with Gasteiger partial charge in [0.15, 0.2) is 6.08 Å². The number of halogens is 2. The first kappa shape index (κ1) is 41.1. The number of aromatic nitrogens is 3. The largest absolute Gasteiger partial charge is 0.478 e. The molecule has 12 nitrogen and oxygen atoms in total. The van der Waals surface area contributed by atoms with E-state index in [1.165, 1.54) is 30.3 Å². The van der Waals surface area contributed by atoms with Crippen LogP contribution in [0.1, 0.15) is 84.8 Å². The molecule has 5 aromatic rings. The number of rotatable bonds is 5. The zero-order chi connectivity index (χ0) is 39.5. The van der Waals surface area contributed by atoms with Crippen molar-refractivity contribution >= 4 is 72.1 Å². The fourth-order valence-electron chi connectivity index (χ4n) is 4.79. The summed E-state index contributed by atoms with van der Waals surface area (Å²) in [7, 11) is -7.60. The number of sulfonamides is 2. The number of H-pyrrole nitrogens is 1. The van der Waals surface area contributed by atoms with Crippen LogP contribution in [0.3, 0.4) is 0 Å². The molecule has 1 aliphatic rings. The van der Waals surface area contributed by atoms with Crippen molar-refractivity contribution in [1.82, 2.24) is 19.7 Å². The number of carbonyl (C=O) groups excluding carboxylic acids is 1. The number of nitrogens with one attached hydrogen (secondary N) is 2. The van der Waals surface area contributed by atoms with Crippen molar-refractivity contribution in [3.8, 4) is 0 Å². The molecular weight excluding hydrogens is 761 g/mol. The molecule has 0 atom stereocenters. The normalized spacial score (nSPS) is 12.5. The molecule has 0 fully saturated rings. The molecule has 1 amide bonds. The maximum atomic E-state index is 12.5. The Morgan fingerprint density at radius 1 is 0.811 bits per heavy atom. The van der Waals surface area contributed by atoms with Crippen LogP contribution in [0.2, 0.25) is 10.3 Å². The average Bonchev–Trinajstić information content (AvgIpc) is 3.72. The molecule has 1 aliphatic carbocycles. The molecule has 0 spiro atoms. The van der Waals surface area contributed by atoms with Gasteiger partial charge in [0.05, 0.1) is 32.6 Å². The lowest BCUT2D eigenvalue weighted by Gasteiger charge is -2.18. The average molecular weight is 800 g/mol. The van der Waals surface area contributed by atoms with Gasteiger partial charge in [0, 0.05) is 40.0 Å². The third kappa shape index (κ3) is 10.5. The minimum Gasteiger partial charge on any atom is -0.478 e. The highest BCUT2D eigenvalue weighted by molar-refractivity contribution is 7.90. The zero-order valence-electron chi connectivity index (χ0n) is 29.7. The van der Waals surface area contributed by atoms with Crippen LogP contribution >= 0.6 is 23.2 Å². The van der Waals surface area contributed by atoms with E-state index in [1.807, 2.05) is 58.4 Å². The molecule has 0 aliphatic heterocycles. The van der Waals surface area contributed by atoms with E-state index < -0.39 is 31.9 Å². The Morgan fingerprint density at radius 3 is 1.91 bits per heavy atom. The highest BCUT2D eigenvalue weighted by Crippen LogP contribution is 2.26. The molecule has 0 saturated carbocycles. The Morgan fingerprint density at radius 2 is 1.38 bits per heavy atom. The molecule has 0 saturated heterocycles. The quantitative estimate of drug-likeness (QED) is 0.106. The predicted molar refractivity (Wildman–Crippen MR) is 205 cm³/mol. The lowest BCUT2D eigenvalue weighted by atomic mass is 9.91. The Balaban J connectivity index is 0.000000196. The number of carboxylic acids is 1. The van der Waals surface area contributed by atoms with Crippen LogP contribution < -0.4 is 9.86 Å². The molecule has 16 heteroatoms. The first-order valence-electron chi connectivity index (χ1n) is 15.9. The van der Waals surface area contributed by atoms with Crippen LogP contribution in [-0.2, 0) is 37.3 Å². The van der Waals surface area contributed by atoms with Gasteiger partial charge in [-0.15, -0.1) is 0 Å². The van der Waals surface area contributed by atoms with Crippen molar-refractivity contribution in [2.45, 2.75) is 68.6 Å². The summed E-state index contributed by atoms with van der Waals surface area (Å²) in [5.74, 6) is -1.88. The standard InChI is InChI=1S/C18H18ClN3O3S.C10H12ClNO2.C9H8NO2S/c1-18(2,3)15-7-6-13(16(19)21-15)17(23)22-26(24,25)12-5-4-11-8-9-20-14(11)10-12;1-10(2,3)7-5-4-6(9(13)14)8(11)12-7;10-13(11,12)9-5-4-7-2-1-3-8(7)6-9/h4-10,20H,1-3H3,(H,22,23);4-5H,1-3H3,(H,13,14);2,4-6H,3H2,(H2,10,11,12)/q;;+1. The third-order valence-corrected chi connectivity index (χ3v) is 10.6. The van der Waals surface area contributed by atoms with E-state index in [2.05, 4.69) is 21.0 Å². The number of primary sulfonamides is 1. The second-order valence-electron chi connectivity index (χ2n) is 14.0. The van der Waals surface area contributed by atoms with Gasteiger partial charge < -0.3 is 10.1 Å². The van der Waals surface area contributed by atoms with Gasteiger partial charge in [-0.2, -0.15) is 0 Å². The predicted octanol–water partition coefficient (Wildman–Crippen LogP) is 7.07. The third-order valence-electron chi connectivity index (χ3n) is 7.77. The number of hydrogen-bond donors (Lipinski definition) is 4. The van der Waals surface area contributed by atoms with Crippen molar-refractivity contribution in [2.75, 3.05) is 0 Å². The number of benzene rings is 2. The second kappa shape index (κ2) is 15.7. The fourth-order valence-corrected chi connectivity index (χ4v) is 6.82. The summed E-state index contributed by atoms with van der Waals surface area (Å²) in [5.41, 5.74) is 3.82. The van der Waals surface area contributed by atoms with Crippen molar-refractivity contribution in [2.24, 2.45) is 5.14 Å². The molecule has 0 radical (unpaired) electrons. The number of allylic oxidation sites excluding steroid dienone is 1. The Bertz CT molecular complexity index is 2450. The number of nitrogens with two attached hydrogens (primary N) is 1. The van der Waals surface area contributed by atoms with Gasteiger partial charge in [-0.25, -0.2) is 41.5 Å². The maximum absolute atomic E-state index is 12.5. The van der Waals surface area contributed by atoms with E-state index in [0.29, 0.717) is 17.6 Å². The maximum Gasteiger partial charge on any atom is 0.338 e. The van der Waals surface area contributed by atoms with Crippen molar-refractivity contribution in [3.05, 3.63) is 123 Å². The van der Waals surface area contributed by atoms with E-state index in [0.717, 1.165) is 22.2 Å². The van der Waals surface area contributed by atoms with Crippen LogP contribution in [0.5, 0.6) is 0 Å². The van der Waals surface area contributed by atoms with Crippen LogP contribution in [-0.4, -0.2) is 48.8 Å². The summed E-state index contributed by atoms with van der Waals surface area (Å²) in [6, 6.07) is 17.6. The SMILES string of the molecule is CC(C)(C)c1ccc(C(=O)NS(=O)(=O)c2ccc3cc[nH]c3c2)c(Cl)n1.CC(C)(C)c1ccc(C(=O)O)c(Cl)n1.NS(=O)(=O)c1ccc2c(c1)C[C+]=C2. The number of carboxylic acid groups (broad SMARTS) is 1. The highest BCUT2D eigenvalue weighted by Gasteiger charge is 2.24. The summed E-state index contributed by atoms with van der Waals surface area (Å²) in [6.45, 7) is 11.9. The van der Waals surface area contributed by atoms with E-state index in [4.69, 9.17) is 33.4 Å². The summed E-state index contributed by atoms with van der Waals surface area (Å²) in [4.78, 5) is 34.4. The topological polar surface area (TPSA) is 202 Å². The van der Waals surface area contributed by atoms with E-state index in [9.17, 15) is 26.4 Å². The number of pyridine rings is 2. The van der Waals surface area contributed by atoms with Crippen LogP contribution in [0.4, 0.5) is 0 Å². The Labute approximate surface area is 318 Å². The highest BCUT2D eigenvalue weighted by atomic mass is 35.5. The molecule has 5 N–H and O–H groups in total. The first-order valence-corrected chi connectivity index (χ1v) is 19.7. The molecule has 0 bridgehead atoms. The van der Waals surface area contributed by atoms with Gasteiger partial charge in [-0.1, -0.05) is 70.8 Å². The number of aromatic carboxylic acids is 1. The molecule has 2 aromatic carbocycles. The molecule has 53 heavy (non-hydrogen) atoms. The monoisotopic (exact) mass is 798 g/mol. The lowest BCUT2D eigenvalue weighted by molar-refractivity contribution is 0.0696. The minimum atomic E-state index is -4.04. The number of amides is 1. The van der Waals surface area contributed by atoms with Gasteiger partial charge in [-0.05, 0) is 60.0 Å². The first-order chi connectivity index (χ1) is 24.5. The smallest absolute Gasteiger partial charge is 0.338 e. The number of hydrogen-bond acceptors (Lipinski definition) is 8. The lowest BCUT2D eigenvalue weighted by Crippen LogP contribution is -2.31. The van der Waals surface area contributed by atoms with Gasteiger partial charge >= 0.3 is 5.97 Å². The van der Waals surface area contributed by atoms with Crippen LogP contribution in [0, 0.1) is 6.08 Å². The number of fused-ring (bicyclic) bond motifs is 2. The number of carbonyl (C=O) groups is 2. The number of nitrogens with zero attached hydrogens (tertiary/aromatic N) is 2. The van der Waals surface area contributed by atoms with E-state index in [1.54, 1.807) is 36.5 Å². The zero-order valence-corrected chi connectivity index (χ0v) is 32.8. The molecule has 3 aromatic heterocycles. The van der Waals surface area contributed by atoms with Gasteiger partial charge in [-0.3, -0.25) is 4.79 Å². The molecular formula is C37H38Cl2N5O7S2+. The van der Waals surface area contributed by atoms with Crippen molar-refractivity contribution in [3.63, 3.8) is 0 Å². The van der Waals surface area contributed by atoms with Crippen molar-refractivity contribution in [1.29, 1.82) is 0 Å². The minimum absolute atomic E-state index is 0.00388. The van der Waals surface area contributed by atoms with Gasteiger partial charge in [0.1, 0.15) is 22.3 Å². The van der Waals surface area contributed by atoms with Crippen LogP contribution in [0.15, 0.2) is 82.7 Å². The van der Waals surface area contributed by atoms with Gasteiger partial charge in [0.2, 0.25) is 10.0 Å². The van der Waals surface area contributed by atoms with Crippen LogP contribution in [0.25, 0.3) is 17.0 Å². The van der Waals surface area contributed by atoms with E-state index >= 15 is 0 Å². The number of aromatic amines is 1. The van der Waals surface area contributed by atoms with E-state index in [-0.39, 0.29) is 42.1 Å². The summed E-state index contributed by atoms with van der Waals surface area (Å²) in [5, 5.41) is 14.6.